The lowest BCUT2D eigenvalue weighted by Gasteiger charge is -2.21. The third-order valence-electron chi connectivity index (χ3n) is 3.93. The third kappa shape index (κ3) is 3.97. The van der Waals surface area contributed by atoms with Gasteiger partial charge in [-0.15, -0.1) is 0 Å². The molecule has 0 aliphatic rings. The van der Waals surface area contributed by atoms with Gasteiger partial charge in [0.2, 0.25) is 0 Å². The minimum Gasteiger partial charge on any atom is -0.336 e. The van der Waals surface area contributed by atoms with E-state index in [1.165, 1.54) is 16.3 Å². The van der Waals surface area contributed by atoms with E-state index in [4.69, 9.17) is 0 Å². The van der Waals surface area contributed by atoms with Crippen molar-refractivity contribution in [3.8, 4) is 0 Å². The fraction of sp³-hybridized carbons (Fsp3) is 0.389. The van der Waals surface area contributed by atoms with Crippen molar-refractivity contribution < 1.29 is 4.79 Å². The lowest BCUT2D eigenvalue weighted by Crippen LogP contribution is -2.42. The van der Waals surface area contributed by atoms with E-state index >= 15 is 0 Å². The van der Waals surface area contributed by atoms with Crippen LogP contribution in [-0.4, -0.2) is 30.6 Å². The molecule has 0 bridgehead atoms. The minimum atomic E-state index is 0.00425. The van der Waals surface area contributed by atoms with Crippen LogP contribution in [0.15, 0.2) is 42.5 Å². The van der Waals surface area contributed by atoms with E-state index in [1.807, 2.05) is 14.0 Å². The van der Waals surface area contributed by atoms with Gasteiger partial charge in [-0.2, -0.15) is 0 Å². The average molecular weight is 284 g/mol. The highest BCUT2D eigenvalue weighted by molar-refractivity contribution is 5.85. The molecule has 3 nitrogen and oxygen atoms in total. The van der Waals surface area contributed by atoms with Gasteiger partial charge in [0.05, 0.1) is 0 Å². The molecule has 2 aromatic rings. The van der Waals surface area contributed by atoms with Crippen LogP contribution >= 0.6 is 0 Å². The molecule has 0 aliphatic heterocycles. The first-order valence-corrected chi connectivity index (χ1v) is 7.60. The van der Waals surface area contributed by atoms with Crippen LogP contribution in [0.1, 0.15) is 25.8 Å². The van der Waals surface area contributed by atoms with E-state index in [0.29, 0.717) is 0 Å². The van der Waals surface area contributed by atoms with E-state index in [-0.39, 0.29) is 12.1 Å². The van der Waals surface area contributed by atoms with Crippen LogP contribution in [0.4, 0.5) is 4.79 Å². The van der Waals surface area contributed by atoms with Gasteiger partial charge in [-0.3, -0.25) is 0 Å². The smallest absolute Gasteiger partial charge is 0.317 e. The Kier molecular flexibility index (Phi) is 5.20. The predicted molar refractivity (Wildman–Crippen MR) is 88.6 cm³/mol. The van der Waals surface area contributed by atoms with Gasteiger partial charge in [0, 0.05) is 19.6 Å². The number of fused-ring (bicyclic) bond motifs is 1. The summed E-state index contributed by atoms with van der Waals surface area (Å²) in [5.41, 5.74) is 1.29. The lowest BCUT2D eigenvalue weighted by atomic mass is 10.0. The van der Waals surface area contributed by atoms with Crippen LogP contribution in [-0.2, 0) is 6.42 Å². The normalized spacial score (nSPS) is 12.1. The Morgan fingerprint density at radius 1 is 1.19 bits per heavy atom. The van der Waals surface area contributed by atoms with E-state index in [1.54, 1.807) is 4.90 Å². The van der Waals surface area contributed by atoms with Crippen molar-refractivity contribution in [1.29, 1.82) is 0 Å². The van der Waals surface area contributed by atoms with E-state index < -0.39 is 0 Å². The third-order valence-corrected chi connectivity index (χ3v) is 3.93. The molecule has 0 aliphatic carbocycles. The first kappa shape index (κ1) is 15.4. The second kappa shape index (κ2) is 7.11. The second-order valence-corrected chi connectivity index (χ2v) is 5.57. The molecule has 0 radical (unpaired) electrons. The van der Waals surface area contributed by atoms with E-state index in [2.05, 4.69) is 54.7 Å². The predicted octanol–water partition coefficient (Wildman–Crippen LogP) is 3.82. The molecule has 2 rings (SSSR count). The van der Waals surface area contributed by atoms with Crippen molar-refractivity contribution in [3.63, 3.8) is 0 Å². The molecule has 1 atom stereocenters. The fourth-order valence-corrected chi connectivity index (χ4v) is 2.32. The number of nitrogens with one attached hydrogen (secondary N) is 1. The number of rotatable bonds is 5. The number of hydrogen-bond acceptors (Lipinski definition) is 1. The highest BCUT2D eigenvalue weighted by Crippen LogP contribution is 2.18. The van der Waals surface area contributed by atoms with Crippen LogP contribution in [0.3, 0.4) is 0 Å². The number of hydrogen-bond donors (Lipinski definition) is 1. The maximum absolute atomic E-state index is 12.0. The molecular weight excluding hydrogens is 260 g/mol. The summed E-state index contributed by atoms with van der Waals surface area (Å²) in [6.45, 7) is 4.81. The molecule has 0 saturated carbocycles. The Hall–Kier alpha value is -2.03. The van der Waals surface area contributed by atoms with Gasteiger partial charge >= 0.3 is 6.03 Å². The molecule has 3 heteroatoms. The number of benzene rings is 2. The molecule has 112 valence electrons. The summed E-state index contributed by atoms with van der Waals surface area (Å²) in [5, 5.41) is 5.52. The van der Waals surface area contributed by atoms with Crippen molar-refractivity contribution in [2.75, 3.05) is 13.6 Å². The maximum Gasteiger partial charge on any atom is 0.317 e. The Morgan fingerprint density at radius 3 is 2.67 bits per heavy atom. The Labute approximate surface area is 127 Å². The van der Waals surface area contributed by atoms with Gasteiger partial charge in [-0.25, -0.2) is 4.79 Å². The molecule has 0 spiro atoms. The second-order valence-electron chi connectivity index (χ2n) is 5.57. The lowest BCUT2D eigenvalue weighted by molar-refractivity contribution is 0.205. The van der Waals surface area contributed by atoms with Crippen LogP contribution in [0.2, 0.25) is 0 Å². The van der Waals surface area contributed by atoms with E-state index in [0.717, 1.165) is 19.4 Å². The van der Waals surface area contributed by atoms with Crippen molar-refractivity contribution in [1.82, 2.24) is 10.2 Å². The summed E-state index contributed by atoms with van der Waals surface area (Å²) in [5.74, 6) is 0. The molecule has 2 amide bonds. The highest BCUT2D eigenvalue weighted by Gasteiger charge is 2.11. The van der Waals surface area contributed by atoms with Gasteiger partial charge in [-0.1, -0.05) is 49.4 Å². The Bertz CT molecular complexity index is 604. The zero-order valence-corrected chi connectivity index (χ0v) is 13.1. The number of carbonyl (C=O) groups is 1. The standard InChI is InChI=1S/C18H24N2O/c1-4-14(2)19-18(21)20(3)13-12-16-10-7-9-15-8-5-6-11-17(15)16/h5-11,14H,4,12-13H2,1-3H3,(H,19,21). The SMILES string of the molecule is CCC(C)NC(=O)N(C)CCc1cccc2ccccc12. The fourth-order valence-electron chi connectivity index (χ4n) is 2.32. The van der Waals surface area contributed by atoms with Gasteiger partial charge in [0.15, 0.2) is 0 Å². The molecule has 1 N–H and O–H groups in total. The number of urea groups is 1. The van der Waals surface area contributed by atoms with Crippen LogP contribution in [0, 0.1) is 0 Å². The number of nitrogens with zero attached hydrogens (tertiary/aromatic N) is 1. The van der Waals surface area contributed by atoms with Gasteiger partial charge in [0.25, 0.3) is 0 Å². The maximum atomic E-state index is 12.0. The number of likely N-dealkylation sites (N-methyl/N-ethyl adjacent to an activating group) is 1. The molecule has 2 aromatic carbocycles. The quantitative estimate of drug-likeness (QED) is 0.889. The molecule has 0 saturated heterocycles. The zero-order chi connectivity index (χ0) is 15.2. The largest absolute Gasteiger partial charge is 0.336 e. The van der Waals surface area contributed by atoms with Gasteiger partial charge < -0.3 is 10.2 Å². The minimum absolute atomic E-state index is 0.00425. The van der Waals surface area contributed by atoms with Gasteiger partial charge in [-0.05, 0) is 36.1 Å². The summed E-state index contributed by atoms with van der Waals surface area (Å²) in [4.78, 5) is 13.8. The molecule has 0 fully saturated rings. The molecule has 21 heavy (non-hydrogen) atoms. The first-order valence-electron chi connectivity index (χ1n) is 7.60. The monoisotopic (exact) mass is 284 g/mol. The van der Waals surface area contributed by atoms with E-state index in [9.17, 15) is 4.79 Å². The van der Waals surface area contributed by atoms with Crippen molar-refractivity contribution in [2.24, 2.45) is 0 Å². The molecule has 1 unspecified atom stereocenters. The van der Waals surface area contributed by atoms with Crippen LogP contribution in [0.25, 0.3) is 10.8 Å². The Balaban J connectivity index is 2.00. The zero-order valence-electron chi connectivity index (χ0n) is 13.1. The summed E-state index contributed by atoms with van der Waals surface area (Å²) >= 11 is 0. The molecule has 0 heterocycles. The first-order chi connectivity index (χ1) is 10.1. The Morgan fingerprint density at radius 2 is 1.90 bits per heavy atom. The van der Waals surface area contributed by atoms with Crippen LogP contribution < -0.4 is 5.32 Å². The molecule has 0 aromatic heterocycles. The summed E-state index contributed by atoms with van der Waals surface area (Å²) < 4.78 is 0. The van der Waals surface area contributed by atoms with Crippen molar-refractivity contribution in [2.45, 2.75) is 32.7 Å². The summed E-state index contributed by atoms with van der Waals surface area (Å²) in [6, 6.07) is 14.9. The summed E-state index contributed by atoms with van der Waals surface area (Å²) in [6.07, 6.45) is 1.81. The van der Waals surface area contributed by atoms with Crippen molar-refractivity contribution >= 4 is 16.8 Å². The van der Waals surface area contributed by atoms with Crippen molar-refractivity contribution in [3.05, 3.63) is 48.0 Å². The molecular formula is C18H24N2O. The number of amides is 2. The number of carbonyl (C=O) groups excluding carboxylic acids is 1. The summed E-state index contributed by atoms with van der Waals surface area (Å²) in [7, 11) is 1.85. The van der Waals surface area contributed by atoms with Crippen LogP contribution in [0.5, 0.6) is 0 Å². The average Bonchev–Trinajstić information content (AvgIpc) is 2.52. The van der Waals surface area contributed by atoms with Gasteiger partial charge in [0.1, 0.15) is 0 Å². The topological polar surface area (TPSA) is 32.3 Å². The highest BCUT2D eigenvalue weighted by atomic mass is 16.2.